The van der Waals surface area contributed by atoms with Gasteiger partial charge in [-0.15, -0.1) is 0 Å². The van der Waals surface area contributed by atoms with Gasteiger partial charge in [-0.05, 0) is 18.4 Å². The first-order chi connectivity index (χ1) is 7.56. The molecule has 0 aliphatic carbocycles. The molecular weight excluding hydrogens is 224 g/mol. The van der Waals surface area contributed by atoms with Crippen LogP contribution in [0.3, 0.4) is 0 Å². The minimum atomic E-state index is 0.524. The van der Waals surface area contributed by atoms with Crippen LogP contribution in [-0.4, -0.2) is 4.98 Å². The zero-order valence-electron chi connectivity index (χ0n) is 9.46. The fourth-order valence-electron chi connectivity index (χ4n) is 1.53. The molecule has 0 radical (unpaired) electrons. The van der Waals surface area contributed by atoms with E-state index >= 15 is 0 Å². The van der Waals surface area contributed by atoms with Gasteiger partial charge in [-0.25, -0.2) is 4.98 Å². The second-order valence-corrected chi connectivity index (χ2v) is 4.79. The van der Waals surface area contributed by atoms with Crippen molar-refractivity contribution in [2.24, 2.45) is 5.92 Å². The van der Waals surface area contributed by atoms with Gasteiger partial charge in [0.15, 0.2) is 11.5 Å². The van der Waals surface area contributed by atoms with Crippen LogP contribution in [0.1, 0.15) is 26.2 Å². The summed E-state index contributed by atoms with van der Waals surface area (Å²) in [5.74, 6) is 1.40. The van der Waals surface area contributed by atoms with Crippen LogP contribution >= 0.6 is 11.6 Å². The van der Waals surface area contributed by atoms with Crippen molar-refractivity contribution in [1.29, 1.82) is 0 Å². The summed E-state index contributed by atoms with van der Waals surface area (Å²) in [5, 5.41) is 0.524. The summed E-state index contributed by atoms with van der Waals surface area (Å²) < 4.78 is 5.60. The SMILES string of the molecule is CC(C)CCc1nc2cc(Cl)c(N)cc2o1. The molecule has 0 atom stereocenters. The Kier molecular flexibility index (Phi) is 3.06. The first-order valence-electron chi connectivity index (χ1n) is 5.40. The Morgan fingerprint density at radius 3 is 2.88 bits per heavy atom. The lowest BCUT2D eigenvalue weighted by Crippen LogP contribution is -1.91. The van der Waals surface area contributed by atoms with E-state index in [0.717, 1.165) is 24.2 Å². The molecule has 0 unspecified atom stereocenters. The summed E-state index contributed by atoms with van der Waals surface area (Å²) in [6.45, 7) is 4.36. The van der Waals surface area contributed by atoms with Crippen molar-refractivity contribution in [3.8, 4) is 0 Å². The van der Waals surface area contributed by atoms with E-state index in [-0.39, 0.29) is 0 Å². The molecular formula is C12H15ClN2O. The predicted octanol–water partition coefficient (Wildman–Crippen LogP) is 3.65. The number of anilines is 1. The van der Waals surface area contributed by atoms with Gasteiger partial charge < -0.3 is 10.2 Å². The van der Waals surface area contributed by atoms with E-state index in [1.165, 1.54) is 0 Å². The highest BCUT2D eigenvalue weighted by Crippen LogP contribution is 2.26. The van der Waals surface area contributed by atoms with Crippen LogP contribution in [0.2, 0.25) is 5.02 Å². The van der Waals surface area contributed by atoms with Crippen molar-refractivity contribution in [2.45, 2.75) is 26.7 Å². The van der Waals surface area contributed by atoms with Crippen molar-refractivity contribution in [3.63, 3.8) is 0 Å². The molecule has 1 aromatic carbocycles. The van der Waals surface area contributed by atoms with Gasteiger partial charge in [0, 0.05) is 12.5 Å². The number of hydrogen-bond acceptors (Lipinski definition) is 3. The average molecular weight is 239 g/mol. The zero-order chi connectivity index (χ0) is 11.7. The van der Waals surface area contributed by atoms with E-state index in [2.05, 4.69) is 18.8 Å². The maximum absolute atomic E-state index is 5.92. The quantitative estimate of drug-likeness (QED) is 0.831. The van der Waals surface area contributed by atoms with Crippen LogP contribution in [-0.2, 0) is 6.42 Å². The number of nitrogen functional groups attached to an aromatic ring is 1. The molecule has 4 heteroatoms. The monoisotopic (exact) mass is 238 g/mol. The topological polar surface area (TPSA) is 52.0 Å². The molecule has 16 heavy (non-hydrogen) atoms. The largest absolute Gasteiger partial charge is 0.441 e. The van der Waals surface area contributed by atoms with Gasteiger partial charge in [0.25, 0.3) is 0 Å². The van der Waals surface area contributed by atoms with Crippen LogP contribution < -0.4 is 5.73 Å². The number of hydrogen-bond donors (Lipinski definition) is 1. The first kappa shape index (κ1) is 11.3. The van der Waals surface area contributed by atoms with Gasteiger partial charge in [0.05, 0.1) is 10.7 Å². The lowest BCUT2D eigenvalue weighted by molar-refractivity contribution is 0.484. The van der Waals surface area contributed by atoms with Crippen molar-refractivity contribution < 1.29 is 4.42 Å². The molecule has 0 fully saturated rings. The third kappa shape index (κ3) is 2.30. The molecule has 0 aliphatic rings. The number of fused-ring (bicyclic) bond motifs is 1. The van der Waals surface area contributed by atoms with Gasteiger partial charge in [0.2, 0.25) is 0 Å². The molecule has 0 amide bonds. The predicted molar refractivity (Wildman–Crippen MR) is 66.6 cm³/mol. The number of oxazole rings is 1. The van der Waals surface area contributed by atoms with E-state index in [1.54, 1.807) is 12.1 Å². The molecule has 86 valence electrons. The maximum Gasteiger partial charge on any atom is 0.195 e. The van der Waals surface area contributed by atoms with Gasteiger partial charge in [-0.2, -0.15) is 0 Å². The Balaban J connectivity index is 2.29. The van der Waals surface area contributed by atoms with Crippen molar-refractivity contribution in [3.05, 3.63) is 23.0 Å². The van der Waals surface area contributed by atoms with Crippen molar-refractivity contribution in [1.82, 2.24) is 4.98 Å². The summed E-state index contributed by atoms with van der Waals surface area (Å²) in [6, 6.07) is 3.47. The van der Waals surface area contributed by atoms with Crippen molar-refractivity contribution in [2.75, 3.05) is 5.73 Å². The highest BCUT2D eigenvalue weighted by Gasteiger charge is 2.08. The lowest BCUT2D eigenvalue weighted by Gasteiger charge is -1.99. The molecule has 2 aromatic rings. The minimum Gasteiger partial charge on any atom is -0.441 e. The van der Waals surface area contributed by atoms with E-state index in [9.17, 15) is 0 Å². The number of aromatic nitrogens is 1. The molecule has 0 saturated carbocycles. The van der Waals surface area contributed by atoms with E-state index in [1.807, 2.05) is 0 Å². The molecule has 1 heterocycles. The third-order valence-electron chi connectivity index (χ3n) is 2.49. The van der Waals surface area contributed by atoms with Crippen LogP contribution in [0.15, 0.2) is 16.5 Å². The number of benzene rings is 1. The molecule has 0 bridgehead atoms. The normalized spacial score (nSPS) is 11.5. The van der Waals surface area contributed by atoms with Gasteiger partial charge in [-0.1, -0.05) is 25.4 Å². The first-order valence-corrected chi connectivity index (χ1v) is 5.78. The van der Waals surface area contributed by atoms with Gasteiger partial charge in [0.1, 0.15) is 5.52 Å². The molecule has 0 saturated heterocycles. The number of nitrogens with two attached hydrogens (primary N) is 1. The molecule has 0 aliphatic heterocycles. The van der Waals surface area contributed by atoms with Gasteiger partial charge in [-0.3, -0.25) is 0 Å². The summed E-state index contributed by atoms with van der Waals surface area (Å²) in [7, 11) is 0. The fourth-order valence-corrected chi connectivity index (χ4v) is 1.69. The average Bonchev–Trinajstić information content (AvgIpc) is 2.58. The Morgan fingerprint density at radius 2 is 2.19 bits per heavy atom. The lowest BCUT2D eigenvalue weighted by atomic mass is 10.1. The standard InChI is InChI=1S/C12H15ClN2O/c1-7(2)3-4-12-15-10-5-8(13)9(14)6-11(10)16-12/h5-7H,3-4,14H2,1-2H3. The van der Waals surface area contributed by atoms with E-state index in [4.69, 9.17) is 21.8 Å². The van der Waals surface area contributed by atoms with E-state index in [0.29, 0.717) is 22.2 Å². The van der Waals surface area contributed by atoms with Crippen molar-refractivity contribution >= 4 is 28.4 Å². The Hall–Kier alpha value is -1.22. The summed E-state index contributed by atoms with van der Waals surface area (Å²) >= 11 is 5.92. The molecule has 2 N–H and O–H groups in total. The smallest absolute Gasteiger partial charge is 0.195 e. The molecule has 0 spiro atoms. The minimum absolute atomic E-state index is 0.524. The van der Waals surface area contributed by atoms with Gasteiger partial charge >= 0.3 is 0 Å². The number of halogens is 1. The van der Waals surface area contributed by atoms with Crippen LogP contribution in [0, 0.1) is 5.92 Å². The molecule has 2 rings (SSSR count). The zero-order valence-corrected chi connectivity index (χ0v) is 10.2. The number of rotatable bonds is 3. The fraction of sp³-hybridized carbons (Fsp3) is 0.417. The Labute approximate surface area is 99.6 Å². The second kappa shape index (κ2) is 4.34. The summed E-state index contributed by atoms with van der Waals surface area (Å²) in [6.07, 6.45) is 1.92. The summed E-state index contributed by atoms with van der Waals surface area (Å²) in [4.78, 5) is 4.38. The number of aryl methyl sites for hydroxylation is 1. The summed E-state index contributed by atoms with van der Waals surface area (Å²) in [5.41, 5.74) is 7.71. The Morgan fingerprint density at radius 1 is 1.44 bits per heavy atom. The second-order valence-electron chi connectivity index (χ2n) is 4.38. The highest BCUT2D eigenvalue weighted by molar-refractivity contribution is 6.33. The Bertz CT molecular complexity index is 466. The van der Waals surface area contributed by atoms with E-state index < -0.39 is 0 Å². The molecule has 1 aromatic heterocycles. The van der Waals surface area contributed by atoms with Crippen LogP contribution in [0.4, 0.5) is 5.69 Å². The highest BCUT2D eigenvalue weighted by atomic mass is 35.5. The third-order valence-corrected chi connectivity index (χ3v) is 2.81. The number of nitrogens with zero attached hydrogens (tertiary/aromatic N) is 1. The maximum atomic E-state index is 5.92. The molecule has 3 nitrogen and oxygen atoms in total. The van der Waals surface area contributed by atoms with Crippen LogP contribution in [0.25, 0.3) is 11.1 Å². The van der Waals surface area contributed by atoms with Crippen LogP contribution in [0.5, 0.6) is 0 Å².